The van der Waals surface area contributed by atoms with Gasteiger partial charge in [-0.15, -0.1) is 0 Å². The number of methoxy groups -OCH3 is 3. The van der Waals surface area contributed by atoms with Crippen LogP contribution in [0.4, 0.5) is 0 Å². The van der Waals surface area contributed by atoms with Crippen molar-refractivity contribution in [3.63, 3.8) is 0 Å². The maximum Gasteiger partial charge on any atom is 0.243 e. The minimum absolute atomic E-state index is 0.106. The quantitative estimate of drug-likeness (QED) is 0.489. The van der Waals surface area contributed by atoms with Gasteiger partial charge in [0.25, 0.3) is 0 Å². The number of ether oxygens (including phenoxy) is 4. The highest BCUT2D eigenvalue weighted by Gasteiger charge is 2.34. The van der Waals surface area contributed by atoms with Crippen molar-refractivity contribution in [2.75, 3.05) is 48.1 Å². The van der Waals surface area contributed by atoms with Gasteiger partial charge in [-0.2, -0.15) is 4.31 Å². The summed E-state index contributed by atoms with van der Waals surface area (Å²) in [6.07, 6.45) is 1.25. The molecule has 0 aromatic heterocycles. The van der Waals surface area contributed by atoms with Gasteiger partial charge in [-0.3, -0.25) is 4.79 Å². The summed E-state index contributed by atoms with van der Waals surface area (Å²) in [6.45, 7) is 3.22. The van der Waals surface area contributed by atoms with Crippen LogP contribution in [0.3, 0.4) is 0 Å². The number of hydrogen-bond acceptors (Lipinski definition) is 7. The summed E-state index contributed by atoms with van der Waals surface area (Å²) in [7, 11) is 2.62. The van der Waals surface area contributed by atoms with Crippen LogP contribution in [0.1, 0.15) is 25.3 Å². The molecule has 1 amide bonds. The molecule has 1 atom stereocenters. The standard InChI is InChI=1S/C25H34N2O7S/c1-6-34-20-9-11-21(12-10-20)35(29,30)27-13-7-8-19(17-27)25(28)26(2)16-18-14-22(31-3)24(33-5)23(15-18)32-4/h9-12,14-15,19H,6-8,13,16-17H2,1-5H3. The van der Waals surface area contributed by atoms with E-state index in [2.05, 4.69) is 0 Å². The topological polar surface area (TPSA) is 94.6 Å². The SMILES string of the molecule is CCOc1ccc(S(=O)(=O)N2CCCC(C(=O)N(C)Cc3cc(OC)c(OC)c(OC)c3)C2)cc1. The van der Waals surface area contributed by atoms with E-state index in [-0.39, 0.29) is 17.3 Å². The molecule has 9 nitrogen and oxygen atoms in total. The second kappa shape index (κ2) is 11.6. The Bertz CT molecular complexity index is 1090. The predicted molar refractivity (Wildman–Crippen MR) is 132 cm³/mol. The van der Waals surface area contributed by atoms with E-state index >= 15 is 0 Å². The first-order valence-electron chi connectivity index (χ1n) is 11.5. The molecule has 2 aromatic rings. The lowest BCUT2D eigenvalue weighted by Gasteiger charge is -2.33. The molecule has 3 rings (SSSR count). The largest absolute Gasteiger partial charge is 0.494 e. The first kappa shape index (κ1) is 26.6. The third-order valence-corrected chi connectivity index (χ3v) is 7.91. The Labute approximate surface area is 207 Å². The van der Waals surface area contributed by atoms with Crippen LogP contribution in [-0.2, 0) is 21.4 Å². The zero-order valence-electron chi connectivity index (χ0n) is 20.9. The molecule has 0 N–H and O–H groups in total. The number of sulfonamides is 1. The molecule has 1 aliphatic rings. The summed E-state index contributed by atoms with van der Waals surface area (Å²) in [5.74, 6) is 1.58. The highest BCUT2D eigenvalue weighted by atomic mass is 32.2. The van der Waals surface area contributed by atoms with Crippen molar-refractivity contribution < 1.29 is 32.2 Å². The van der Waals surface area contributed by atoms with Crippen LogP contribution >= 0.6 is 0 Å². The first-order valence-corrected chi connectivity index (χ1v) is 13.0. The molecule has 1 aliphatic heterocycles. The third-order valence-electron chi connectivity index (χ3n) is 6.03. The van der Waals surface area contributed by atoms with Crippen molar-refractivity contribution in [2.24, 2.45) is 5.92 Å². The minimum atomic E-state index is -3.71. The normalized spacial score (nSPS) is 16.4. The first-order chi connectivity index (χ1) is 16.7. The molecule has 35 heavy (non-hydrogen) atoms. The molecule has 0 radical (unpaired) electrons. The van der Waals surface area contributed by atoms with E-state index in [1.807, 2.05) is 6.92 Å². The van der Waals surface area contributed by atoms with Crippen molar-refractivity contribution >= 4 is 15.9 Å². The number of carbonyl (C=O) groups is 1. The summed E-state index contributed by atoms with van der Waals surface area (Å²) in [6, 6.07) is 9.98. The van der Waals surface area contributed by atoms with Gasteiger partial charge in [-0.05, 0) is 61.7 Å². The molecule has 1 saturated heterocycles. The van der Waals surface area contributed by atoms with Gasteiger partial charge < -0.3 is 23.8 Å². The van der Waals surface area contributed by atoms with E-state index in [4.69, 9.17) is 18.9 Å². The molecule has 0 saturated carbocycles. The van der Waals surface area contributed by atoms with Crippen LogP contribution in [-0.4, -0.2) is 71.6 Å². The van der Waals surface area contributed by atoms with Crippen LogP contribution < -0.4 is 18.9 Å². The lowest BCUT2D eigenvalue weighted by molar-refractivity contribution is -0.135. The number of carbonyl (C=O) groups excluding carboxylic acids is 1. The summed E-state index contributed by atoms with van der Waals surface area (Å²) in [5.41, 5.74) is 0.810. The second-order valence-corrected chi connectivity index (χ2v) is 10.3. The summed E-state index contributed by atoms with van der Waals surface area (Å²) >= 11 is 0. The van der Waals surface area contributed by atoms with Crippen molar-refractivity contribution in [1.82, 2.24) is 9.21 Å². The van der Waals surface area contributed by atoms with E-state index in [1.54, 1.807) is 48.3 Å². The number of rotatable bonds is 10. The van der Waals surface area contributed by atoms with Crippen LogP contribution in [0.2, 0.25) is 0 Å². The molecule has 1 heterocycles. The highest BCUT2D eigenvalue weighted by molar-refractivity contribution is 7.89. The number of amides is 1. The van der Waals surface area contributed by atoms with Gasteiger partial charge in [0.15, 0.2) is 11.5 Å². The molecule has 0 aliphatic carbocycles. The van der Waals surface area contributed by atoms with E-state index in [9.17, 15) is 13.2 Å². The smallest absolute Gasteiger partial charge is 0.243 e. The maximum absolute atomic E-state index is 13.3. The van der Waals surface area contributed by atoms with Gasteiger partial charge in [0.2, 0.25) is 21.7 Å². The lowest BCUT2D eigenvalue weighted by Crippen LogP contribution is -2.45. The molecular weight excluding hydrogens is 472 g/mol. The number of benzene rings is 2. The monoisotopic (exact) mass is 506 g/mol. The fourth-order valence-electron chi connectivity index (χ4n) is 4.28. The Hall–Kier alpha value is -2.98. The van der Waals surface area contributed by atoms with E-state index < -0.39 is 15.9 Å². The Morgan fingerprint density at radius 2 is 1.69 bits per heavy atom. The Morgan fingerprint density at radius 3 is 2.23 bits per heavy atom. The predicted octanol–water partition coefficient (Wildman–Crippen LogP) is 3.17. The van der Waals surface area contributed by atoms with Crippen molar-refractivity contribution in [3.05, 3.63) is 42.0 Å². The Balaban J connectivity index is 1.72. The maximum atomic E-state index is 13.3. The summed E-state index contributed by atoms with van der Waals surface area (Å²) in [4.78, 5) is 15.1. The fraction of sp³-hybridized carbons (Fsp3) is 0.480. The van der Waals surface area contributed by atoms with Crippen LogP contribution in [0.15, 0.2) is 41.3 Å². The van der Waals surface area contributed by atoms with Gasteiger partial charge in [0, 0.05) is 26.7 Å². The molecule has 2 aromatic carbocycles. The Kier molecular flexibility index (Phi) is 8.85. The number of hydrogen-bond donors (Lipinski definition) is 0. The van der Waals surface area contributed by atoms with Crippen molar-refractivity contribution in [1.29, 1.82) is 0 Å². The van der Waals surface area contributed by atoms with Crippen molar-refractivity contribution in [2.45, 2.75) is 31.2 Å². The zero-order valence-corrected chi connectivity index (χ0v) is 21.8. The van der Waals surface area contributed by atoms with Gasteiger partial charge in [0.1, 0.15) is 5.75 Å². The molecule has 10 heteroatoms. The van der Waals surface area contributed by atoms with Crippen LogP contribution in [0.25, 0.3) is 0 Å². The number of nitrogens with zero attached hydrogens (tertiary/aromatic N) is 2. The zero-order chi connectivity index (χ0) is 25.6. The highest BCUT2D eigenvalue weighted by Crippen LogP contribution is 2.38. The summed E-state index contributed by atoms with van der Waals surface area (Å²) < 4.78 is 49.4. The molecular formula is C25H34N2O7S. The van der Waals surface area contributed by atoms with Gasteiger partial charge in [-0.25, -0.2) is 8.42 Å². The van der Waals surface area contributed by atoms with Crippen LogP contribution in [0.5, 0.6) is 23.0 Å². The Morgan fingerprint density at radius 1 is 1.06 bits per heavy atom. The van der Waals surface area contributed by atoms with E-state index in [1.165, 1.54) is 25.6 Å². The van der Waals surface area contributed by atoms with Gasteiger partial charge in [-0.1, -0.05) is 0 Å². The molecule has 192 valence electrons. The van der Waals surface area contributed by atoms with Gasteiger partial charge in [0.05, 0.1) is 38.7 Å². The second-order valence-electron chi connectivity index (χ2n) is 8.33. The molecule has 0 bridgehead atoms. The average Bonchev–Trinajstić information content (AvgIpc) is 2.88. The summed E-state index contributed by atoms with van der Waals surface area (Å²) in [5, 5.41) is 0. The van der Waals surface area contributed by atoms with E-state index in [0.29, 0.717) is 55.5 Å². The number of piperidine rings is 1. The lowest BCUT2D eigenvalue weighted by atomic mass is 9.98. The van der Waals surface area contributed by atoms with Crippen LogP contribution in [0, 0.1) is 5.92 Å². The fourth-order valence-corrected chi connectivity index (χ4v) is 5.80. The molecule has 1 unspecified atom stereocenters. The molecule has 1 fully saturated rings. The third kappa shape index (κ3) is 5.99. The molecule has 0 spiro atoms. The van der Waals surface area contributed by atoms with Crippen molar-refractivity contribution in [3.8, 4) is 23.0 Å². The minimum Gasteiger partial charge on any atom is -0.494 e. The van der Waals surface area contributed by atoms with E-state index in [0.717, 1.165) is 5.56 Å². The average molecular weight is 507 g/mol. The van der Waals surface area contributed by atoms with Gasteiger partial charge >= 0.3 is 0 Å².